The molecule has 2 rings (SSSR count). The maximum Gasteiger partial charge on any atom is 0.263 e. The van der Waals surface area contributed by atoms with E-state index in [1.54, 1.807) is 12.1 Å². The van der Waals surface area contributed by atoms with E-state index in [1.165, 1.54) is 24.3 Å². The molecule has 0 aliphatic carbocycles. The average Bonchev–Trinajstić information content (AvgIpc) is 2.45. The van der Waals surface area contributed by atoms with Crippen LogP contribution >= 0.6 is 0 Å². The van der Waals surface area contributed by atoms with Gasteiger partial charge in [-0.3, -0.25) is 4.72 Å². The lowest BCUT2D eigenvalue weighted by Crippen LogP contribution is -2.14. The molecule has 3 N–H and O–H groups in total. The predicted molar refractivity (Wildman–Crippen MR) is 77.4 cm³/mol. The SMILES string of the molecule is NCC#Cc1cccc(NS(=O)(=O)c2cccc(F)c2)n1. The number of hydrogen-bond acceptors (Lipinski definition) is 4. The molecule has 0 radical (unpaired) electrons. The molecule has 0 bridgehead atoms. The van der Waals surface area contributed by atoms with Gasteiger partial charge in [0.25, 0.3) is 10.0 Å². The highest BCUT2D eigenvalue weighted by Gasteiger charge is 2.15. The second-order valence-corrected chi connectivity index (χ2v) is 5.66. The Morgan fingerprint density at radius 2 is 2.00 bits per heavy atom. The molecule has 1 heterocycles. The minimum Gasteiger partial charge on any atom is -0.320 e. The minimum atomic E-state index is -3.90. The van der Waals surface area contributed by atoms with Crippen LogP contribution in [0.2, 0.25) is 0 Å². The molecule has 108 valence electrons. The Balaban J connectivity index is 2.29. The van der Waals surface area contributed by atoms with Crippen molar-refractivity contribution in [1.29, 1.82) is 0 Å². The van der Waals surface area contributed by atoms with Crippen LogP contribution in [0.25, 0.3) is 0 Å². The van der Waals surface area contributed by atoms with Gasteiger partial charge in [0.15, 0.2) is 0 Å². The molecule has 0 saturated heterocycles. The summed E-state index contributed by atoms with van der Waals surface area (Å²) in [4.78, 5) is 3.85. The van der Waals surface area contributed by atoms with Crippen LogP contribution in [0.1, 0.15) is 5.69 Å². The Kier molecular flexibility index (Phi) is 4.52. The molecule has 0 aliphatic rings. The second kappa shape index (κ2) is 6.35. The number of hydrogen-bond donors (Lipinski definition) is 2. The van der Waals surface area contributed by atoms with E-state index in [2.05, 4.69) is 21.5 Å². The fourth-order valence-electron chi connectivity index (χ4n) is 1.53. The highest BCUT2D eigenvalue weighted by molar-refractivity contribution is 7.92. The number of benzene rings is 1. The number of anilines is 1. The van der Waals surface area contributed by atoms with Crippen LogP contribution in [0.15, 0.2) is 47.4 Å². The van der Waals surface area contributed by atoms with Crippen LogP contribution < -0.4 is 10.5 Å². The number of pyridine rings is 1. The maximum absolute atomic E-state index is 13.1. The van der Waals surface area contributed by atoms with Gasteiger partial charge in [-0.2, -0.15) is 0 Å². The normalized spacial score (nSPS) is 10.6. The van der Waals surface area contributed by atoms with E-state index in [-0.39, 0.29) is 17.3 Å². The first kappa shape index (κ1) is 15.0. The van der Waals surface area contributed by atoms with E-state index in [0.717, 1.165) is 6.07 Å². The van der Waals surface area contributed by atoms with Gasteiger partial charge in [0, 0.05) is 0 Å². The second-order valence-electron chi connectivity index (χ2n) is 3.98. The lowest BCUT2D eigenvalue weighted by Gasteiger charge is -2.07. The Morgan fingerprint density at radius 3 is 2.71 bits per heavy atom. The topological polar surface area (TPSA) is 85.1 Å². The summed E-state index contributed by atoms with van der Waals surface area (Å²) in [6, 6.07) is 9.43. The number of sulfonamides is 1. The quantitative estimate of drug-likeness (QED) is 0.838. The third-order valence-electron chi connectivity index (χ3n) is 2.41. The van der Waals surface area contributed by atoms with Gasteiger partial charge in [0.1, 0.15) is 17.3 Å². The molecule has 0 saturated carbocycles. The summed E-state index contributed by atoms with van der Waals surface area (Å²) in [6.45, 7) is 0.181. The van der Waals surface area contributed by atoms with Crippen molar-refractivity contribution in [3.63, 3.8) is 0 Å². The molecule has 5 nitrogen and oxygen atoms in total. The summed E-state index contributed by atoms with van der Waals surface area (Å²) in [5, 5.41) is 0. The fraction of sp³-hybridized carbons (Fsp3) is 0.0714. The van der Waals surface area contributed by atoms with E-state index < -0.39 is 15.8 Å². The van der Waals surface area contributed by atoms with Gasteiger partial charge >= 0.3 is 0 Å². The summed E-state index contributed by atoms with van der Waals surface area (Å²) >= 11 is 0. The van der Waals surface area contributed by atoms with Gasteiger partial charge in [0.05, 0.1) is 11.4 Å². The van der Waals surface area contributed by atoms with Crippen LogP contribution in [0, 0.1) is 17.7 Å². The van der Waals surface area contributed by atoms with Crippen LogP contribution in [0.4, 0.5) is 10.2 Å². The van der Waals surface area contributed by atoms with Crippen molar-refractivity contribution >= 4 is 15.8 Å². The van der Waals surface area contributed by atoms with Crippen LogP contribution in [0.5, 0.6) is 0 Å². The van der Waals surface area contributed by atoms with Gasteiger partial charge in [-0.1, -0.05) is 18.1 Å². The molecule has 0 atom stereocenters. The molecule has 7 heteroatoms. The van der Waals surface area contributed by atoms with Crippen molar-refractivity contribution in [2.75, 3.05) is 11.3 Å². The zero-order chi connectivity index (χ0) is 15.3. The van der Waals surface area contributed by atoms with E-state index in [1.807, 2.05) is 0 Å². The smallest absolute Gasteiger partial charge is 0.263 e. The third kappa shape index (κ3) is 4.02. The number of rotatable bonds is 3. The van der Waals surface area contributed by atoms with Gasteiger partial charge in [0.2, 0.25) is 0 Å². The highest BCUT2D eigenvalue weighted by atomic mass is 32.2. The first-order valence-electron chi connectivity index (χ1n) is 5.95. The van der Waals surface area contributed by atoms with Crippen LogP contribution in [-0.2, 0) is 10.0 Å². The van der Waals surface area contributed by atoms with E-state index in [0.29, 0.717) is 5.69 Å². The van der Waals surface area contributed by atoms with Gasteiger partial charge in [-0.15, -0.1) is 0 Å². The van der Waals surface area contributed by atoms with E-state index in [9.17, 15) is 12.8 Å². The first-order chi connectivity index (χ1) is 10.0. The van der Waals surface area contributed by atoms with Gasteiger partial charge < -0.3 is 5.73 Å². The third-order valence-corrected chi connectivity index (χ3v) is 3.77. The molecule has 0 fully saturated rings. The zero-order valence-electron chi connectivity index (χ0n) is 10.9. The molecule has 1 aromatic carbocycles. The molecule has 0 amide bonds. The van der Waals surface area contributed by atoms with Crippen molar-refractivity contribution in [2.24, 2.45) is 5.73 Å². The number of nitrogens with zero attached hydrogens (tertiary/aromatic N) is 1. The summed E-state index contributed by atoms with van der Waals surface area (Å²) in [7, 11) is -3.90. The van der Waals surface area contributed by atoms with Crippen molar-refractivity contribution in [3.05, 3.63) is 54.0 Å². The lowest BCUT2D eigenvalue weighted by molar-refractivity contribution is 0.595. The largest absolute Gasteiger partial charge is 0.320 e. The molecule has 0 unspecified atom stereocenters. The average molecular weight is 305 g/mol. The van der Waals surface area contributed by atoms with Crippen molar-refractivity contribution in [3.8, 4) is 11.8 Å². The molecular weight excluding hydrogens is 293 g/mol. The standard InChI is InChI=1S/C14H12FN3O2S/c15-11-4-1-7-13(10-11)21(19,20)18-14-8-2-5-12(17-14)6-3-9-16/h1-2,4-5,7-8,10H,9,16H2,(H,17,18). The maximum atomic E-state index is 13.1. The fourth-order valence-corrected chi connectivity index (χ4v) is 2.57. The molecule has 0 spiro atoms. The zero-order valence-corrected chi connectivity index (χ0v) is 11.7. The number of halogens is 1. The predicted octanol–water partition coefficient (Wildman–Crippen LogP) is 1.33. The summed E-state index contributed by atoms with van der Waals surface area (Å²) in [6.07, 6.45) is 0. The van der Waals surface area contributed by atoms with Crippen molar-refractivity contribution < 1.29 is 12.8 Å². The summed E-state index contributed by atoms with van der Waals surface area (Å²) in [5.74, 6) is 4.79. The van der Waals surface area contributed by atoms with Gasteiger partial charge in [-0.25, -0.2) is 17.8 Å². The molecule has 0 aliphatic heterocycles. The van der Waals surface area contributed by atoms with Crippen LogP contribution in [0.3, 0.4) is 0 Å². The van der Waals surface area contributed by atoms with Crippen molar-refractivity contribution in [1.82, 2.24) is 4.98 Å². The Morgan fingerprint density at radius 1 is 1.24 bits per heavy atom. The van der Waals surface area contributed by atoms with E-state index >= 15 is 0 Å². The van der Waals surface area contributed by atoms with Crippen LogP contribution in [-0.4, -0.2) is 19.9 Å². The number of nitrogens with two attached hydrogens (primary N) is 1. The Bertz CT molecular complexity index is 810. The summed E-state index contributed by atoms with van der Waals surface area (Å²) < 4.78 is 39.6. The number of nitrogens with one attached hydrogen (secondary N) is 1. The number of aromatic nitrogens is 1. The molecule has 21 heavy (non-hydrogen) atoms. The monoisotopic (exact) mass is 305 g/mol. The molecule has 1 aromatic heterocycles. The minimum absolute atomic E-state index is 0.100. The summed E-state index contributed by atoms with van der Waals surface area (Å²) in [5.41, 5.74) is 5.65. The van der Waals surface area contributed by atoms with Gasteiger partial charge in [-0.05, 0) is 36.3 Å². The highest BCUT2D eigenvalue weighted by Crippen LogP contribution is 2.15. The van der Waals surface area contributed by atoms with Crippen molar-refractivity contribution in [2.45, 2.75) is 4.90 Å². The molecule has 2 aromatic rings. The lowest BCUT2D eigenvalue weighted by atomic mass is 10.3. The Hall–Kier alpha value is -2.43. The Labute approximate surface area is 122 Å². The molecular formula is C14H12FN3O2S. The van der Waals surface area contributed by atoms with E-state index in [4.69, 9.17) is 5.73 Å². The first-order valence-corrected chi connectivity index (χ1v) is 7.44.